The molecule has 1 amide bonds. The highest BCUT2D eigenvalue weighted by Gasteiger charge is 2.25. The van der Waals surface area contributed by atoms with Crippen molar-refractivity contribution in [2.24, 2.45) is 5.92 Å². The average molecular weight is 263 g/mol. The Labute approximate surface area is 113 Å². The Morgan fingerprint density at radius 2 is 2.37 bits per heavy atom. The number of hydrogen-bond donors (Lipinski definition) is 1. The Hall–Kier alpha value is -1.36. The monoisotopic (exact) mass is 263 g/mol. The first-order valence-electron chi connectivity index (χ1n) is 7.19. The third-order valence-electron chi connectivity index (χ3n) is 3.88. The number of amides is 1. The minimum Gasteiger partial charge on any atom is -0.359 e. The summed E-state index contributed by atoms with van der Waals surface area (Å²) in [7, 11) is 0. The first kappa shape index (κ1) is 12.7. The Kier molecular flexibility index (Phi) is 3.55. The molecule has 1 unspecified atom stereocenters. The SMILES string of the molecule is CC(CC1CC1)NC(=O)c1cc(CN2CCC2)on1. The number of carbonyl (C=O) groups is 1. The van der Waals surface area contributed by atoms with Crippen LogP contribution < -0.4 is 5.32 Å². The molecular weight excluding hydrogens is 242 g/mol. The minimum absolute atomic E-state index is 0.119. The molecule has 1 atom stereocenters. The van der Waals surface area contributed by atoms with E-state index >= 15 is 0 Å². The van der Waals surface area contributed by atoms with Crippen LogP contribution in [0.15, 0.2) is 10.6 Å². The zero-order chi connectivity index (χ0) is 13.2. The molecule has 1 saturated heterocycles. The van der Waals surface area contributed by atoms with Crippen molar-refractivity contribution in [2.45, 2.75) is 45.2 Å². The van der Waals surface area contributed by atoms with Crippen LogP contribution in [0.25, 0.3) is 0 Å². The molecule has 2 aliphatic rings. The highest BCUT2D eigenvalue weighted by Crippen LogP contribution is 2.33. The van der Waals surface area contributed by atoms with Crippen LogP contribution in [-0.4, -0.2) is 35.1 Å². The van der Waals surface area contributed by atoms with Crippen LogP contribution >= 0.6 is 0 Å². The molecule has 1 aromatic rings. The zero-order valence-corrected chi connectivity index (χ0v) is 11.4. The van der Waals surface area contributed by atoms with Gasteiger partial charge in [0.15, 0.2) is 11.5 Å². The Morgan fingerprint density at radius 1 is 1.58 bits per heavy atom. The number of rotatable bonds is 6. The maximum atomic E-state index is 12.0. The van der Waals surface area contributed by atoms with Crippen molar-refractivity contribution in [2.75, 3.05) is 13.1 Å². The molecule has 104 valence electrons. The molecule has 2 fully saturated rings. The van der Waals surface area contributed by atoms with Crippen molar-refractivity contribution in [1.82, 2.24) is 15.4 Å². The summed E-state index contributed by atoms with van der Waals surface area (Å²) < 4.78 is 5.21. The smallest absolute Gasteiger partial charge is 0.273 e. The van der Waals surface area contributed by atoms with E-state index in [9.17, 15) is 4.79 Å². The van der Waals surface area contributed by atoms with Crippen molar-refractivity contribution in [3.8, 4) is 0 Å². The molecule has 0 bridgehead atoms. The average Bonchev–Trinajstić information content (AvgIpc) is 2.99. The molecule has 19 heavy (non-hydrogen) atoms. The van der Waals surface area contributed by atoms with E-state index in [1.807, 2.05) is 0 Å². The van der Waals surface area contributed by atoms with E-state index in [2.05, 4.69) is 22.3 Å². The topological polar surface area (TPSA) is 58.4 Å². The summed E-state index contributed by atoms with van der Waals surface area (Å²) in [4.78, 5) is 14.3. The molecule has 2 heterocycles. The molecule has 1 aromatic heterocycles. The van der Waals surface area contributed by atoms with E-state index in [1.54, 1.807) is 6.07 Å². The lowest BCUT2D eigenvalue weighted by atomic mass is 10.1. The maximum Gasteiger partial charge on any atom is 0.273 e. The van der Waals surface area contributed by atoms with Crippen molar-refractivity contribution < 1.29 is 9.32 Å². The van der Waals surface area contributed by atoms with Crippen molar-refractivity contribution in [3.63, 3.8) is 0 Å². The molecule has 5 heteroatoms. The van der Waals surface area contributed by atoms with Crippen LogP contribution in [0.5, 0.6) is 0 Å². The van der Waals surface area contributed by atoms with Gasteiger partial charge in [-0.3, -0.25) is 9.69 Å². The molecule has 0 aromatic carbocycles. The molecule has 1 aliphatic carbocycles. The summed E-state index contributed by atoms with van der Waals surface area (Å²) >= 11 is 0. The highest BCUT2D eigenvalue weighted by atomic mass is 16.5. The first-order chi connectivity index (χ1) is 9.20. The fourth-order valence-corrected chi connectivity index (χ4v) is 2.46. The highest BCUT2D eigenvalue weighted by molar-refractivity contribution is 5.92. The molecule has 1 saturated carbocycles. The molecular formula is C14H21N3O2. The van der Waals surface area contributed by atoms with Gasteiger partial charge in [-0.25, -0.2) is 0 Å². The summed E-state index contributed by atoms with van der Waals surface area (Å²) in [6.45, 7) is 5.04. The van der Waals surface area contributed by atoms with Crippen LogP contribution in [0.3, 0.4) is 0 Å². The van der Waals surface area contributed by atoms with Gasteiger partial charge < -0.3 is 9.84 Å². The fourth-order valence-electron chi connectivity index (χ4n) is 2.46. The van der Waals surface area contributed by atoms with Gasteiger partial charge in [-0.05, 0) is 38.8 Å². The molecule has 5 nitrogen and oxygen atoms in total. The summed E-state index contributed by atoms with van der Waals surface area (Å²) in [5.74, 6) is 1.47. The summed E-state index contributed by atoms with van der Waals surface area (Å²) in [5, 5.41) is 6.85. The van der Waals surface area contributed by atoms with Gasteiger partial charge in [-0.1, -0.05) is 18.0 Å². The number of nitrogens with zero attached hydrogens (tertiary/aromatic N) is 2. The van der Waals surface area contributed by atoms with E-state index < -0.39 is 0 Å². The minimum atomic E-state index is -0.119. The number of carbonyl (C=O) groups excluding carboxylic acids is 1. The molecule has 1 N–H and O–H groups in total. The lowest BCUT2D eigenvalue weighted by Gasteiger charge is -2.29. The van der Waals surface area contributed by atoms with Crippen LogP contribution in [0.4, 0.5) is 0 Å². The summed E-state index contributed by atoms with van der Waals surface area (Å²) in [6, 6.07) is 1.98. The van der Waals surface area contributed by atoms with E-state index in [4.69, 9.17) is 4.52 Å². The molecule has 1 aliphatic heterocycles. The second-order valence-corrected chi connectivity index (χ2v) is 5.86. The van der Waals surface area contributed by atoms with E-state index in [1.165, 1.54) is 19.3 Å². The van der Waals surface area contributed by atoms with Crippen molar-refractivity contribution in [1.29, 1.82) is 0 Å². The third kappa shape index (κ3) is 3.35. The van der Waals surface area contributed by atoms with Crippen LogP contribution in [0.1, 0.15) is 48.9 Å². The van der Waals surface area contributed by atoms with E-state index in [0.717, 1.165) is 37.7 Å². The summed E-state index contributed by atoms with van der Waals surface area (Å²) in [6.07, 6.45) is 4.94. The van der Waals surface area contributed by atoms with Crippen molar-refractivity contribution >= 4 is 5.91 Å². The van der Waals surface area contributed by atoms with Gasteiger partial charge >= 0.3 is 0 Å². The van der Waals surface area contributed by atoms with Crippen LogP contribution in [-0.2, 0) is 6.54 Å². The fraction of sp³-hybridized carbons (Fsp3) is 0.714. The zero-order valence-electron chi connectivity index (χ0n) is 11.4. The van der Waals surface area contributed by atoms with Gasteiger partial charge in [0.1, 0.15) is 0 Å². The van der Waals surface area contributed by atoms with Gasteiger partial charge in [0, 0.05) is 12.1 Å². The molecule has 3 rings (SSSR count). The number of hydrogen-bond acceptors (Lipinski definition) is 4. The standard InChI is InChI=1S/C14H21N3O2/c1-10(7-11-3-4-11)15-14(18)13-8-12(19-16-13)9-17-5-2-6-17/h8,10-11H,2-7,9H2,1H3,(H,15,18). The van der Waals surface area contributed by atoms with Gasteiger partial charge in [-0.2, -0.15) is 0 Å². The second-order valence-electron chi connectivity index (χ2n) is 5.86. The number of nitrogens with one attached hydrogen (secondary N) is 1. The quantitative estimate of drug-likeness (QED) is 0.850. The van der Waals surface area contributed by atoms with Gasteiger partial charge in [0.25, 0.3) is 5.91 Å². The number of aromatic nitrogens is 1. The van der Waals surface area contributed by atoms with Crippen LogP contribution in [0.2, 0.25) is 0 Å². The van der Waals surface area contributed by atoms with Gasteiger partial charge in [0.05, 0.1) is 6.54 Å². The predicted molar refractivity (Wildman–Crippen MR) is 70.7 cm³/mol. The lowest BCUT2D eigenvalue weighted by Crippen LogP contribution is -2.36. The van der Waals surface area contributed by atoms with E-state index in [0.29, 0.717) is 5.69 Å². The first-order valence-corrected chi connectivity index (χ1v) is 7.19. The Bertz CT molecular complexity index is 449. The number of likely N-dealkylation sites (tertiary alicyclic amines) is 1. The largest absolute Gasteiger partial charge is 0.359 e. The third-order valence-corrected chi connectivity index (χ3v) is 3.88. The molecule has 0 spiro atoms. The Morgan fingerprint density at radius 3 is 3.00 bits per heavy atom. The summed E-state index contributed by atoms with van der Waals surface area (Å²) in [5.41, 5.74) is 0.401. The van der Waals surface area contributed by atoms with Gasteiger partial charge in [-0.15, -0.1) is 0 Å². The second kappa shape index (κ2) is 5.33. The van der Waals surface area contributed by atoms with E-state index in [-0.39, 0.29) is 11.9 Å². The lowest BCUT2D eigenvalue weighted by molar-refractivity contribution is 0.0928. The van der Waals surface area contributed by atoms with Gasteiger partial charge in [0.2, 0.25) is 0 Å². The van der Waals surface area contributed by atoms with Crippen molar-refractivity contribution in [3.05, 3.63) is 17.5 Å². The Balaban J connectivity index is 1.50. The van der Waals surface area contributed by atoms with Crippen LogP contribution in [0, 0.1) is 5.92 Å². The predicted octanol–water partition coefficient (Wildman–Crippen LogP) is 1.80. The normalized spacial score (nSPS) is 20.9. The maximum absolute atomic E-state index is 12.0. The molecule has 0 radical (unpaired) electrons.